The highest BCUT2D eigenvalue weighted by Crippen LogP contribution is 2.23. The number of hydrogen-bond donors (Lipinski definition) is 2. The zero-order valence-electron chi connectivity index (χ0n) is 10.9. The van der Waals surface area contributed by atoms with Crippen molar-refractivity contribution in [1.29, 1.82) is 0 Å². The zero-order chi connectivity index (χ0) is 14.5. The molecule has 1 amide bonds. The maximum Gasteiger partial charge on any atom is 0.259 e. The van der Waals surface area contributed by atoms with Crippen molar-refractivity contribution in [3.63, 3.8) is 0 Å². The molecule has 0 aliphatic heterocycles. The topological polar surface area (TPSA) is 58.6 Å². The Hall–Kier alpha value is -2.20. The lowest BCUT2D eigenvalue weighted by Crippen LogP contribution is -2.11. The molecule has 2 aromatic rings. The predicted octanol–water partition coefficient (Wildman–Crippen LogP) is 3.70. The highest BCUT2D eigenvalue weighted by atomic mass is 35.5. The number of anilines is 1. The summed E-state index contributed by atoms with van der Waals surface area (Å²) < 4.78 is 5.32. The fraction of sp³-hybridized carbons (Fsp3) is 0.133. The average molecular weight is 292 g/mol. The molecule has 4 nitrogen and oxygen atoms in total. The van der Waals surface area contributed by atoms with E-state index in [0.29, 0.717) is 17.3 Å². The SMILES string of the molecule is CCOc1ccc(NC(=O)c2ccc(Cl)cc2O)cc1. The fourth-order valence-corrected chi connectivity index (χ4v) is 1.86. The van der Waals surface area contributed by atoms with Gasteiger partial charge in [-0.1, -0.05) is 11.6 Å². The van der Waals surface area contributed by atoms with Crippen LogP contribution in [0.5, 0.6) is 11.5 Å². The van der Waals surface area contributed by atoms with Crippen LogP contribution in [0, 0.1) is 0 Å². The van der Waals surface area contributed by atoms with Crippen LogP contribution in [0.15, 0.2) is 42.5 Å². The molecular formula is C15H14ClNO3. The van der Waals surface area contributed by atoms with Crippen molar-refractivity contribution in [2.45, 2.75) is 6.92 Å². The van der Waals surface area contributed by atoms with Crippen molar-refractivity contribution < 1.29 is 14.6 Å². The molecule has 0 bridgehead atoms. The number of phenolic OH excluding ortho intramolecular Hbond substituents is 1. The highest BCUT2D eigenvalue weighted by molar-refractivity contribution is 6.30. The molecule has 0 fully saturated rings. The summed E-state index contributed by atoms with van der Waals surface area (Å²) in [6, 6.07) is 11.3. The van der Waals surface area contributed by atoms with Crippen LogP contribution in [0.2, 0.25) is 5.02 Å². The van der Waals surface area contributed by atoms with Crippen molar-refractivity contribution in [2.75, 3.05) is 11.9 Å². The lowest BCUT2D eigenvalue weighted by molar-refractivity contribution is 0.102. The van der Waals surface area contributed by atoms with Crippen LogP contribution in [-0.4, -0.2) is 17.6 Å². The van der Waals surface area contributed by atoms with E-state index in [1.54, 1.807) is 30.3 Å². The van der Waals surface area contributed by atoms with Gasteiger partial charge in [0.25, 0.3) is 5.91 Å². The van der Waals surface area contributed by atoms with Crippen molar-refractivity contribution in [3.05, 3.63) is 53.1 Å². The van der Waals surface area contributed by atoms with Gasteiger partial charge in [0.05, 0.1) is 12.2 Å². The van der Waals surface area contributed by atoms with E-state index >= 15 is 0 Å². The summed E-state index contributed by atoms with van der Waals surface area (Å²) in [4.78, 5) is 12.0. The van der Waals surface area contributed by atoms with Crippen LogP contribution in [-0.2, 0) is 0 Å². The number of hydrogen-bond acceptors (Lipinski definition) is 3. The van der Waals surface area contributed by atoms with E-state index in [1.807, 2.05) is 6.92 Å². The molecule has 0 saturated heterocycles. The molecule has 2 aromatic carbocycles. The Bertz CT molecular complexity index is 611. The van der Waals surface area contributed by atoms with E-state index in [2.05, 4.69) is 5.32 Å². The third-order valence-electron chi connectivity index (χ3n) is 2.63. The summed E-state index contributed by atoms with van der Waals surface area (Å²) in [5.41, 5.74) is 0.788. The molecule has 104 valence electrons. The van der Waals surface area contributed by atoms with E-state index in [4.69, 9.17) is 16.3 Å². The molecule has 2 N–H and O–H groups in total. The third kappa shape index (κ3) is 3.42. The second-order valence-electron chi connectivity index (χ2n) is 4.07. The summed E-state index contributed by atoms with van der Waals surface area (Å²) in [6.07, 6.45) is 0. The van der Waals surface area contributed by atoms with Crippen molar-refractivity contribution in [2.24, 2.45) is 0 Å². The van der Waals surface area contributed by atoms with Crippen molar-refractivity contribution in [3.8, 4) is 11.5 Å². The van der Waals surface area contributed by atoms with Gasteiger partial charge < -0.3 is 15.2 Å². The van der Waals surface area contributed by atoms with E-state index in [1.165, 1.54) is 12.1 Å². The minimum atomic E-state index is -0.400. The first-order valence-corrected chi connectivity index (χ1v) is 6.50. The predicted molar refractivity (Wildman–Crippen MR) is 78.7 cm³/mol. The summed E-state index contributed by atoms with van der Waals surface area (Å²) in [5, 5.41) is 12.8. The molecular weight excluding hydrogens is 278 g/mol. The molecule has 2 rings (SSSR count). The van der Waals surface area contributed by atoms with Gasteiger partial charge in [-0.15, -0.1) is 0 Å². The molecule has 0 aromatic heterocycles. The molecule has 0 saturated carbocycles. The molecule has 0 atom stereocenters. The minimum Gasteiger partial charge on any atom is -0.507 e. The van der Waals surface area contributed by atoms with Crippen molar-refractivity contribution >= 4 is 23.2 Å². The third-order valence-corrected chi connectivity index (χ3v) is 2.86. The number of amides is 1. The second-order valence-corrected chi connectivity index (χ2v) is 4.51. The van der Waals surface area contributed by atoms with Gasteiger partial charge in [0.1, 0.15) is 11.5 Å². The quantitative estimate of drug-likeness (QED) is 0.903. The molecule has 0 radical (unpaired) electrons. The number of benzene rings is 2. The van der Waals surface area contributed by atoms with Gasteiger partial charge in [-0.3, -0.25) is 4.79 Å². The first kappa shape index (κ1) is 14.2. The number of rotatable bonds is 4. The Morgan fingerprint density at radius 2 is 1.95 bits per heavy atom. The number of aromatic hydroxyl groups is 1. The summed E-state index contributed by atoms with van der Waals surface area (Å²) in [7, 11) is 0. The second kappa shape index (κ2) is 6.30. The molecule has 0 aliphatic carbocycles. The average Bonchev–Trinajstić information content (AvgIpc) is 2.41. The lowest BCUT2D eigenvalue weighted by Gasteiger charge is -2.08. The van der Waals surface area contributed by atoms with Crippen LogP contribution >= 0.6 is 11.6 Å². The number of carbonyl (C=O) groups is 1. The number of nitrogens with one attached hydrogen (secondary N) is 1. The smallest absolute Gasteiger partial charge is 0.259 e. The van der Waals surface area contributed by atoms with E-state index in [0.717, 1.165) is 5.75 Å². The number of halogens is 1. The zero-order valence-corrected chi connectivity index (χ0v) is 11.6. The van der Waals surface area contributed by atoms with Gasteiger partial charge in [0.15, 0.2) is 0 Å². The van der Waals surface area contributed by atoms with Gasteiger partial charge in [-0.25, -0.2) is 0 Å². The fourth-order valence-electron chi connectivity index (χ4n) is 1.70. The maximum absolute atomic E-state index is 12.0. The summed E-state index contributed by atoms with van der Waals surface area (Å²) >= 11 is 5.72. The van der Waals surface area contributed by atoms with E-state index in [9.17, 15) is 9.90 Å². The Balaban J connectivity index is 2.11. The first-order chi connectivity index (χ1) is 9.60. The summed E-state index contributed by atoms with van der Waals surface area (Å²) in [5.74, 6) is 0.184. The van der Waals surface area contributed by atoms with Crippen LogP contribution < -0.4 is 10.1 Å². The highest BCUT2D eigenvalue weighted by Gasteiger charge is 2.11. The molecule has 0 heterocycles. The number of carbonyl (C=O) groups excluding carboxylic acids is 1. The lowest BCUT2D eigenvalue weighted by atomic mass is 10.2. The van der Waals surface area contributed by atoms with Gasteiger partial charge in [0, 0.05) is 10.7 Å². The van der Waals surface area contributed by atoms with Gasteiger partial charge in [0.2, 0.25) is 0 Å². The standard InChI is InChI=1S/C15H14ClNO3/c1-2-20-12-6-4-11(5-7-12)17-15(19)13-8-3-10(16)9-14(13)18/h3-9,18H,2H2,1H3,(H,17,19). The van der Waals surface area contributed by atoms with Crippen LogP contribution in [0.25, 0.3) is 0 Å². The number of phenols is 1. The van der Waals surface area contributed by atoms with Gasteiger partial charge >= 0.3 is 0 Å². The van der Waals surface area contributed by atoms with Crippen molar-refractivity contribution in [1.82, 2.24) is 0 Å². The minimum absolute atomic E-state index is 0.152. The number of ether oxygens (including phenoxy) is 1. The Labute approximate surface area is 122 Å². The Morgan fingerprint density at radius 1 is 1.25 bits per heavy atom. The monoisotopic (exact) mass is 291 g/mol. The van der Waals surface area contributed by atoms with E-state index in [-0.39, 0.29) is 11.3 Å². The molecule has 0 unspecified atom stereocenters. The maximum atomic E-state index is 12.0. The summed E-state index contributed by atoms with van der Waals surface area (Å²) in [6.45, 7) is 2.49. The molecule has 20 heavy (non-hydrogen) atoms. The van der Waals surface area contributed by atoms with E-state index < -0.39 is 5.91 Å². The largest absolute Gasteiger partial charge is 0.507 e. The van der Waals surface area contributed by atoms with Crippen LogP contribution in [0.4, 0.5) is 5.69 Å². The Morgan fingerprint density at radius 3 is 2.55 bits per heavy atom. The normalized spacial score (nSPS) is 10.1. The Kier molecular flexibility index (Phi) is 4.48. The molecule has 0 spiro atoms. The van der Waals surface area contributed by atoms with Gasteiger partial charge in [-0.05, 0) is 49.4 Å². The van der Waals surface area contributed by atoms with Crippen LogP contribution in [0.1, 0.15) is 17.3 Å². The first-order valence-electron chi connectivity index (χ1n) is 6.13. The molecule has 0 aliphatic rings. The van der Waals surface area contributed by atoms with Gasteiger partial charge in [-0.2, -0.15) is 0 Å². The molecule has 5 heteroatoms. The van der Waals surface area contributed by atoms with Crippen LogP contribution in [0.3, 0.4) is 0 Å².